The van der Waals surface area contributed by atoms with Gasteiger partial charge in [0.25, 0.3) is 0 Å². The van der Waals surface area contributed by atoms with Crippen molar-refractivity contribution in [2.45, 2.75) is 25.8 Å². The first kappa shape index (κ1) is 13.4. The summed E-state index contributed by atoms with van der Waals surface area (Å²) in [5.74, 6) is 2.06. The van der Waals surface area contributed by atoms with Crippen molar-refractivity contribution in [3.8, 4) is 0 Å². The average Bonchev–Trinajstić information content (AvgIpc) is 2.38. The van der Waals surface area contributed by atoms with Crippen molar-refractivity contribution in [3.05, 3.63) is 29.8 Å². The van der Waals surface area contributed by atoms with Gasteiger partial charge in [-0.25, -0.2) is 0 Å². The second-order valence-corrected chi connectivity index (χ2v) is 5.91. The predicted octanol–water partition coefficient (Wildman–Crippen LogP) is 2.22. The Bertz CT molecular complexity index is 434. The van der Waals surface area contributed by atoms with Gasteiger partial charge in [0.1, 0.15) is 0 Å². The minimum atomic E-state index is 0.121. The van der Waals surface area contributed by atoms with Crippen molar-refractivity contribution in [1.82, 2.24) is 0 Å². The van der Waals surface area contributed by atoms with Gasteiger partial charge >= 0.3 is 0 Å². The molecule has 1 saturated heterocycles. The van der Waals surface area contributed by atoms with Gasteiger partial charge in [-0.3, -0.25) is 4.79 Å². The quantitative estimate of drug-likeness (QED) is 0.910. The Balaban J connectivity index is 2.41. The lowest BCUT2D eigenvalue weighted by Crippen LogP contribution is -2.50. The maximum absolute atomic E-state index is 12.2. The highest BCUT2D eigenvalue weighted by atomic mass is 32.2. The Kier molecular flexibility index (Phi) is 4.30. The van der Waals surface area contributed by atoms with Crippen LogP contribution in [0.3, 0.4) is 0 Å². The molecule has 3 nitrogen and oxygen atoms in total. The molecule has 98 valence electrons. The van der Waals surface area contributed by atoms with Gasteiger partial charge in [0, 0.05) is 18.0 Å². The monoisotopic (exact) mass is 264 g/mol. The number of thioether (sulfide) groups is 1. The summed E-state index contributed by atoms with van der Waals surface area (Å²) in [6.45, 7) is 4.82. The number of carbonyl (C=O) groups excluding carboxylic acids is 1. The number of nitrogens with two attached hydrogens (primary N) is 1. The van der Waals surface area contributed by atoms with Crippen molar-refractivity contribution in [2.75, 3.05) is 23.0 Å². The molecule has 2 rings (SSSR count). The van der Waals surface area contributed by atoms with E-state index in [9.17, 15) is 4.79 Å². The van der Waals surface area contributed by atoms with Crippen LogP contribution >= 0.6 is 11.8 Å². The van der Waals surface area contributed by atoms with Gasteiger partial charge in [0.05, 0.1) is 11.8 Å². The molecule has 1 amide bonds. The molecule has 1 unspecified atom stereocenters. The molecule has 1 fully saturated rings. The summed E-state index contributed by atoms with van der Waals surface area (Å²) < 4.78 is 0. The summed E-state index contributed by atoms with van der Waals surface area (Å²) in [5, 5.41) is 0. The van der Waals surface area contributed by atoms with Gasteiger partial charge < -0.3 is 10.6 Å². The molecule has 1 aromatic rings. The maximum atomic E-state index is 12.2. The molecule has 0 spiro atoms. The van der Waals surface area contributed by atoms with Crippen molar-refractivity contribution < 1.29 is 4.79 Å². The van der Waals surface area contributed by atoms with Crippen molar-refractivity contribution in [2.24, 2.45) is 5.73 Å². The largest absolute Gasteiger partial charge is 0.328 e. The third-order valence-electron chi connectivity index (χ3n) is 3.26. The Morgan fingerprint density at radius 1 is 1.44 bits per heavy atom. The van der Waals surface area contributed by atoms with E-state index in [0.29, 0.717) is 18.2 Å². The van der Waals surface area contributed by atoms with E-state index in [4.69, 9.17) is 5.73 Å². The van der Waals surface area contributed by atoms with E-state index in [1.807, 2.05) is 23.1 Å². The number of amides is 1. The molecule has 4 heteroatoms. The fourth-order valence-electron chi connectivity index (χ4n) is 2.33. The highest BCUT2D eigenvalue weighted by molar-refractivity contribution is 8.00. The van der Waals surface area contributed by atoms with Gasteiger partial charge in [-0.2, -0.15) is 0 Å². The molecular weight excluding hydrogens is 244 g/mol. The number of hydrogen-bond donors (Lipinski definition) is 1. The Labute approximate surface area is 113 Å². The summed E-state index contributed by atoms with van der Waals surface area (Å²) in [7, 11) is 0. The number of nitrogens with zero attached hydrogens (tertiary/aromatic N) is 1. The minimum absolute atomic E-state index is 0.121. The van der Waals surface area contributed by atoms with Crippen LogP contribution in [0.5, 0.6) is 0 Å². The molecular formula is C14H20N2OS. The third-order valence-corrected chi connectivity index (χ3v) is 4.33. The first-order valence-electron chi connectivity index (χ1n) is 6.34. The second-order valence-electron chi connectivity index (χ2n) is 4.88. The minimum Gasteiger partial charge on any atom is -0.328 e. The number of anilines is 1. The fourth-order valence-corrected chi connectivity index (χ4v) is 3.32. The molecule has 0 aliphatic carbocycles. The summed E-state index contributed by atoms with van der Waals surface area (Å²) in [4.78, 5) is 14.1. The van der Waals surface area contributed by atoms with Crippen LogP contribution in [0.25, 0.3) is 0 Å². The molecule has 1 aromatic carbocycles. The molecule has 18 heavy (non-hydrogen) atoms. The molecule has 1 heterocycles. The van der Waals surface area contributed by atoms with E-state index >= 15 is 0 Å². The second kappa shape index (κ2) is 5.76. The summed E-state index contributed by atoms with van der Waals surface area (Å²) in [6.07, 6.45) is 0. The smallest absolute Gasteiger partial charge is 0.237 e. The van der Waals surface area contributed by atoms with Crippen LogP contribution in [0.2, 0.25) is 0 Å². The lowest BCUT2D eigenvalue weighted by atomic mass is 9.99. The number of hydrogen-bond acceptors (Lipinski definition) is 3. The van der Waals surface area contributed by atoms with Gasteiger partial charge in [0.2, 0.25) is 5.91 Å². The lowest BCUT2D eigenvalue weighted by Gasteiger charge is -2.36. The zero-order chi connectivity index (χ0) is 13.1. The molecule has 1 aliphatic heterocycles. The van der Waals surface area contributed by atoms with Crippen LogP contribution in [0, 0.1) is 0 Å². The van der Waals surface area contributed by atoms with Crippen LogP contribution in [-0.2, 0) is 4.79 Å². The van der Waals surface area contributed by atoms with Crippen LogP contribution < -0.4 is 10.6 Å². The van der Waals surface area contributed by atoms with E-state index in [0.717, 1.165) is 11.4 Å². The first-order valence-corrected chi connectivity index (χ1v) is 7.49. The van der Waals surface area contributed by atoms with E-state index in [1.54, 1.807) is 11.8 Å². The molecule has 1 atom stereocenters. The van der Waals surface area contributed by atoms with Gasteiger partial charge in [0.15, 0.2) is 0 Å². The zero-order valence-electron chi connectivity index (χ0n) is 10.9. The molecule has 1 aliphatic rings. The average molecular weight is 264 g/mol. The lowest BCUT2D eigenvalue weighted by molar-refractivity contribution is -0.116. The Morgan fingerprint density at radius 2 is 2.17 bits per heavy atom. The van der Waals surface area contributed by atoms with Crippen molar-refractivity contribution in [1.29, 1.82) is 0 Å². The molecule has 2 N–H and O–H groups in total. The Morgan fingerprint density at radius 3 is 2.83 bits per heavy atom. The molecule has 0 radical (unpaired) electrons. The highest BCUT2D eigenvalue weighted by Gasteiger charge is 2.30. The third kappa shape index (κ3) is 2.54. The van der Waals surface area contributed by atoms with Crippen LogP contribution in [-0.4, -0.2) is 30.0 Å². The van der Waals surface area contributed by atoms with Crippen LogP contribution in [0.1, 0.15) is 25.3 Å². The van der Waals surface area contributed by atoms with Crippen LogP contribution in [0.15, 0.2) is 24.3 Å². The topological polar surface area (TPSA) is 46.3 Å². The molecule has 0 aromatic heterocycles. The normalized spacial score (nSPS) is 20.6. The van der Waals surface area contributed by atoms with E-state index < -0.39 is 0 Å². The zero-order valence-corrected chi connectivity index (χ0v) is 11.7. The predicted molar refractivity (Wildman–Crippen MR) is 78.2 cm³/mol. The van der Waals surface area contributed by atoms with Crippen molar-refractivity contribution in [3.63, 3.8) is 0 Å². The van der Waals surface area contributed by atoms with Crippen molar-refractivity contribution >= 4 is 23.4 Å². The van der Waals surface area contributed by atoms with E-state index in [-0.39, 0.29) is 11.9 Å². The highest BCUT2D eigenvalue weighted by Crippen LogP contribution is 2.31. The first-order chi connectivity index (χ1) is 8.65. The molecule has 0 saturated carbocycles. The van der Waals surface area contributed by atoms with Gasteiger partial charge in [-0.1, -0.05) is 32.0 Å². The molecule has 0 bridgehead atoms. The Hall–Kier alpha value is -1.000. The SMILES string of the molecule is CC(C)c1ccccc1N1C(=O)CSCC1CN. The number of para-hydroxylation sites is 1. The number of rotatable bonds is 3. The summed E-state index contributed by atoms with van der Waals surface area (Å²) >= 11 is 1.68. The van der Waals surface area contributed by atoms with Gasteiger partial charge in [-0.05, 0) is 17.5 Å². The summed E-state index contributed by atoms with van der Waals surface area (Å²) in [6, 6.07) is 8.27. The number of carbonyl (C=O) groups is 1. The fraction of sp³-hybridized carbons (Fsp3) is 0.500. The maximum Gasteiger partial charge on any atom is 0.237 e. The number of benzene rings is 1. The van der Waals surface area contributed by atoms with Gasteiger partial charge in [-0.15, -0.1) is 11.8 Å². The van der Waals surface area contributed by atoms with E-state index in [1.165, 1.54) is 5.56 Å². The van der Waals surface area contributed by atoms with Crippen LogP contribution in [0.4, 0.5) is 5.69 Å². The standard InChI is InChI=1S/C14H20N2OS/c1-10(2)12-5-3-4-6-13(12)16-11(7-15)8-18-9-14(16)17/h3-6,10-11H,7-9,15H2,1-2H3. The van der Waals surface area contributed by atoms with E-state index in [2.05, 4.69) is 19.9 Å². The summed E-state index contributed by atoms with van der Waals surface area (Å²) in [5.41, 5.74) is 8.07.